The summed E-state index contributed by atoms with van der Waals surface area (Å²) in [4.78, 5) is 9.18. The maximum Gasteiger partial charge on any atom is 0.0665 e. The molecule has 0 saturated heterocycles. The van der Waals surface area contributed by atoms with Crippen molar-refractivity contribution < 1.29 is 20.4 Å². The van der Waals surface area contributed by atoms with E-state index in [9.17, 15) is 0 Å². The molecule has 0 atom stereocenters. The Hall–Kier alpha value is -1.82. The number of benzene rings is 2. The Balaban J connectivity index is 0.00000288. The maximum absolute atomic E-state index is 4.72. The minimum atomic E-state index is 0. The first-order valence-electron chi connectivity index (χ1n) is 8.13. The molecule has 0 aliphatic heterocycles. The summed E-state index contributed by atoms with van der Waals surface area (Å²) in [6.45, 7) is 4.05. The van der Waals surface area contributed by atoms with Gasteiger partial charge in [0.15, 0.2) is 0 Å². The number of unbranched alkanes of at least 4 members (excludes halogenated alkanes) is 1. The van der Waals surface area contributed by atoms with E-state index >= 15 is 0 Å². The molecule has 0 fully saturated rings. The molecule has 0 radical (unpaired) electrons. The van der Waals surface area contributed by atoms with E-state index in [0.29, 0.717) is 0 Å². The molecule has 0 heterocycles. The topological polar surface area (TPSA) is 24.7 Å². The van der Waals surface area contributed by atoms with Gasteiger partial charge in [0.2, 0.25) is 0 Å². The molecule has 128 valence electrons. The van der Waals surface area contributed by atoms with E-state index < -0.39 is 0 Å². The van der Waals surface area contributed by atoms with E-state index in [2.05, 4.69) is 42.3 Å². The van der Waals surface area contributed by atoms with Gasteiger partial charge in [-0.3, -0.25) is 9.98 Å². The van der Waals surface area contributed by atoms with Crippen LogP contribution in [0, 0.1) is 0 Å². The Labute approximate surface area is 159 Å². The number of nitrogens with zero attached hydrogens (tertiary/aromatic N) is 2. The quantitative estimate of drug-likeness (QED) is 0.229. The van der Waals surface area contributed by atoms with Crippen LogP contribution in [0.4, 0.5) is 11.4 Å². The Morgan fingerprint density at radius 3 is 2.46 bits per heavy atom. The van der Waals surface area contributed by atoms with Crippen LogP contribution in [-0.4, -0.2) is 11.9 Å². The number of para-hydroxylation sites is 2. The van der Waals surface area contributed by atoms with E-state index in [1.54, 1.807) is 0 Å². The fourth-order valence-electron chi connectivity index (χ4n) is 2.31. The summed E-state index contributed by atoms with van der Waals surface area (Å²) in [5.74, 6) is 0. The van der Waals surface area contributed by atoms with Gasteiger partial charge in [-0.15, -0.1) is 0 Å². The first-order valence-corrected chi connectivity index (χ1v) is 8.13. The van der Waals surface area contributed by atoms with Crippen molar-refractivity contribution in [1.82, 2.24) is 0 Å². The molecule has 24 heavy (non-hydrogen) atoms. The molecule has 0 unspecified atom stereocenters. The van der Waals surface area contributed by atoms with Gasteiger partial charge in [0, 0.05) is 26.6 Å². The second-order valence-corrected chi connectivity index (χ2v) is 5.44. The summed E-state index contributed by atoms with van der Waals surface area (Å²) in [7, 11) is 0. The van der Waals surface area contributed by atoms with Crippen LogP contribution in [0.2, 0.25) is 0 Å². The van der Waals surface area contributed by atoms with Gasteiger partial charge in [-0.2, -0.15) is 0 Å². The van der Waals surface area contributed by atoms with Crippen LogP contribution in [0.5, 0.6) is 0 Å². The summed E-state index contributed by atoms with van der Waals surface area (Å²) in [5.41, 5.74) is 4.20. The molecular formula is C21H24N2Pd. The molecular weight excluding hydrogens is 387 g/mol. The zero-order valence-corrected chi connectivity index (χ0v) is 15.8. The van der Waals surface area contributed by atoms with Gasteiger partial charge in [0.1, 0.15) is 0 Å². The third-order valence-corrected chi connectivity index (χ3v) is 3.50. The van der Waals surface area contributed by atoms with Crippen molar-refractivity contribution in [3.05, 3.63) is 72.3 Å². The van der Waals surface area contributed by atoms with Crippen molar-refractivity contribution in [2.24, 2.45) is 9.98 Å². The van der Waals surface area contributed by atoms with Crippen LogP contribution < -0.4 is 0 Å². The van der Waals surface area contributed by atoms with E-state index in [1.165, 1.54) is 5.56 Å². The third-order valence-electron chi connectivity index (χ3n) is 3.50. The van der Waals surface area contributed by atoms with Crippen LogP contribution in [0.25, 0.3) is 0 Å². The molecule has 0 bridgehead atoms. The fraction of sp³-hybridized carbons (Fsp3) is 0.238. The Bertz CT molecular complexity index is 688. The second kappa shape index (κ2) is 11.7. The number of hydrogen-bond donors (Lipinski definition) is 0. The van der Waals surface area contributed by atoms with Crippen molar-refractivity contribution in [2.45, 2.75) is 33.1 Å². The molecule has 2 aromatic rings. The average Bonchev–Trinajstić information content (AvgIpc) is 2.59. The number of allylic oxidation sites excluding steroid dienone is 2. The van der Waals surface area contributed by atoms with Crippen LogP contribution in [0.1, 0.15) is 32.3 Å². The van der Waals surface area contributed by atoms with Gasteiger partial charge in [0.25, 0.3) is 0 Å². The van der Waals surface area contributed by atoms with Gasteiger partial charge in [-0.25, -0.2) is 0 Å². The normalized spacial score (nSPS) is 11.8. The molecule has 0 aliphatic rings. The van der Waals surface area contributed by atoms with E-state index in [0.717, 1.165) is 36.3 Å². The average molecular weight is 411 g/mol. The Morgan fingerprint density at radius 2 is 1.71 bits per heavy atom. The maximum atomic E-state index is 4.72. The molecule has 0 spiro atoms. The summed E-state index contributed by atoms with van der Waals surface area (Å²) >= 11 is 0. The van der Waals surface area contributed by atoms with Crippen molar-refractivity contribution >= 4 is 23.3 Å². The second-order valence-electron chi connectivity index (χ2n) is 5.44. The largest absolute Gasteiger partial charge is 0.255 e. The van der Waals surface area contributed by atoms with Crippen LogP contribution in [-0.2, 0) is 26.8 Å². The molecule has 2 aromatic carbocycles. The molecule has 0 amide bonds. The van der Waals surface area contributed by atoms with E-state index in [-0.39, 0.29) is 20.4 Å². The smallest absolute Gasteiger partial charge is 0.0665 e. The van der Waals surface area contributed by atoms with Gasteiger partial charge >= 0.3 is 0 Å². The summed E-state index contributed by atoms with van der Waals surface area (Å²) in [6.07, 6.45) is 9.45. The molecule has 0 aromatic heterocycles. The minimum Gasteiger partial charge on any atom is -0.255 e. The molecule has 2 rings (SSSR count). The van der Waals surface area contributed by atoms with Gasteiger partial charge < -0.3 is 0 Å². The van der Waals surface area contributed by atoms with Crippen molar-refractivity contribution in [3.63, 3.8) is 0 Å². The molecule has 0 N–H and O–H groups in total. The van der Waals surface area contributed by atoms with Gasteiger partial charge in [-0.05, 0) is 56.9 Å². The standard InChI is InChI=1S/C21H24N2.Pd/c1-3-4-5-7-12-19-13-10-11-16-21(19)23-18(2)17-22-20-14-8-6-9-15-20;/h3-4,6,8-11,13-17H,5,7,12H2,1-2H3;. The Morgan fingerprint density at radius 1 is 1.00 bits per heavy atom. The van der Waals surface area contributed by atoms with Crippen LogP contribution in [0.3, 0.4) is 0 Å². The van der Waals surface area contributed by atoms with Crippen LogP contribution >= 0.6 is 0 Å². The zero-order chi connectivity index (χ0) is 16.3. The molecule has 3 heteroatoms. The summed E-state index contributed by atoms with van der Waals surface area (Å²) in [6, 6.07) is 18.3. The third kappa shape index (κ3) is 7.17. The van der Waals surface area contributed by atoms with Crippen LogP contribution in [0.15, 0.2) is 76.7 Å². The molecule has 2 nitrogen and oxygen atoms in total. The predicted molar refractivity (Wildman–Crippen MR) is 102 cm³/mol. The summed E-state index contributed by atoms with van der Waals surface area (Å²) < 4.78 is 0. The predicted octanol–water partition coefficient (Wildman–Crippen LogP) is 6.08. The fourth-order valence-corrected chi connectivity index (χ4v) is 2.31. The number of aliphatic imine (C=N–C) groups is 2. The molecule has 0 aliphatic carbocycles. The minimum absolute atomic E-state index is 0. The summed E-state index contributed by atoms with van der Waals surface area (Å²) in [5, 5.41) is 0. The van der Waals surface area contributed by atoms with Crippen molar-refractivity contribution in [2.75, 3.05) is 0 Å². The number of hydrogen-bond acceptors (Lipinski definition) is 2. The monoisotopic (exact) mass is 410 g/mol. The number of aryl methyl sites for hydroxylation is 1. The molecule has 0 saturated carbocycles. The SMILES string of the molecule is CC=CCCCc1ccccc1N=C(C)C=Nc1ccccc1.[Pd]. The van der Waals surface area contributed by atoms with E-state index in [4.69, 9.17) is 4.99 Å². The first-order chi connectivity index (χ1) is 11.3. The zero-order valence-electron chi connectivity index (χ0n) is 14.3. The van der Waals surface area contributed by atoms with Crippen molar-refractivity contribution in [3.8, 4) is 0 Å². The van der Waals surface area contributed by atoms with Crippen molar-refractivity contribution in [1.29, 1.82) is 0 Å². The Kier molecular flexibility index (Phi) is 9.84. The van der Waals surface area contributed by atoms with E-state index in [1.807, 2.05) is 49.5 Å². The first kappa shape index (κ1) is 20.2. The van der Waals surface area contributed by atoms with Gasteiger partial charge in [0.05, 0.1) is 17.1 Å². The van der Waals surface area contributed by atoms with Gasteiger partial charge in [-0.1, -0.05) is 48.6 Å². The number of rotatable bonds is 7.